The van der Waals surface area contributed by atoms with Crippen LogP contribution >= 0.6 is 0 Å². The van der Waals surface area contributed by atoms with E-state index in [4.69, 9.17) is 9.47 Å². The maximum absolute atomic E-state index is 13.5. The maximum atomic E-state index is 13.5. The van der Waals surface area contributed by atoms with Crippen LogP contribution in [0.4, 0.5) is 5.69 Å². The quantitative estimate of drug-likeness (QED) is 0.253. The molecule has 0 saturated carbocycles. The van der Waals surface area contributed by atoms with Crippen LogP contribution in [0.15, 0.2) is 83.8 Å². The molecule has 0 unspecified atom stereocenters. The predicted octanol–water partition coefficient (Wildman–Crippen LogP) is 4.87. The van der Waals surface area contributed by atoms with Gasteiger partial charge in [-0.2, -0.15) is 4.31 Å². The molecule has 0 radical (unpaired) electrons. The van der Waals surface area contributed by atoms with Gasteiger partial charge in [-0.1, -0.05) is 43.7 Å². The normalized spacial score (nSPS) is 11.2. The molecule has 0 saturated heterocycles. The number of carbonyl (C=O) groups excluding carboxylic acids is 2. The van der Waals surface area contributed by atoms with Crippen LogP contribution in [0, 0.1) is 0 Å². The van der Waals surface area contributed by atoms with Crippen molar-refractivity contribution >= 4 is 27.6 Å². The smallest absolute Gasteiger partial charge is 0.338 e. The summed E-state index contributed by atoms with van der Waals surface area (Å²) in [5.74, 6) is -0.378. The van der Waals surface area contributed by atoms with Crippen LogP contribution in [-0.4, -0.2) is 44.4 Å². The maximum Gasteiger partial charge on any atom is 0.338 e. The molecule has 0 aliphatic heterocycles. The largest absolute Gasteiger partial charge is 0.494 e. The number of esters is 1. The van der Waals surface area contributed by atoms with Crippen molar-refractivity contribution < 1.29 is 27.5 Å². The van der Waals surface area contributed by atoms with Crippen LogP contribution in [0.1, 0.15) is 42.6 Å². The molecule has 0 aliphatic rings. The Morgan fingerprint density at radius 1 is 0.892 bits per heavy atom. The fourth-order valence-electron chi connectivity index (χ4n) is 3.48. The number of sulfonamides is 1. The van der Waals surface area contributed by atoms with E-state index in [-0.39, 0.29) is 11.4 Å². The highest BCUT2D eigenvalue weighted by atomic mass is 32.2. The number of nitrogens with one attached hydrogen (secondary N) is 1. The van der Waals surface area contributed by atoms with Gasteiger partial charge in [-0.3, -0.25) is 4.79 Å². The molecule has 9 heteroatoms. The number of ether oxygens (including phenoxy) is 2. The van der Waals surface area contributed by atoms with Gasteiger partial charge < -0.3 is 14.8 Å². The minimum atomic E-state index is -3.99. The zero-order chi connectivity index (χ0) is 26.7. The van der Waals surface area contributed by atoms with E-state index < -0.39 is 28.4 Å². The van der Waals surface area contributed by atoms with Gasteiger partial charge in [0, 0.05) is 12.2 Å². The van der Waals surface area contributed by atoms with E-state index in [1.807, 2.05) is 32.0 Å². The number of benzene rings is 3. The Hall–Kier alpha value is -3.69. The Labute approximate surface area is 218 Å². The number of nitrogens with zero attached hydrogens (tertiary/aromatic N) is 1. The van der Waals surface area contributed by atoms with Crippen LogP contribution in [0.5, 0.6) is 5.75 Å². The highest BCUT2D eigenvalue weighted by molar-refractivity contribution is 7.89. The number of hydrogen-bond donors (Lipinski definition) is 1. The van der Waals surface area contributed by atoms with E-state index in [1.54, 1.807) is 48.5 Å². The predicted molar refractivity (Wildman–Crippen MR) is 142 cm³/mol. The Morgan fingerprint density at radius 3 is 2.19 bits per heavy atom. The minimum absolute atomic E-state index is 0.0202. The van der Waals surface area contributed by atoms with Crippen molar-refractivity contribution in [2.75, 3.05) is 25.1 Å². The third kappa shape index (κ3) is 8.16. The van der Waals surface area contributed by atoms with Crippen molar-refractivity contribution in [2.45, 2.75) is 38.1 Å². The first kappa shape index (κ1) is 27.9. The van der Waals surface area contributed by atoms with Gasteiger partial charge in [0.1, 0.15) is 5.75 Å². The third-order valence-electron chi connectivity index (χ3n) is 5.43. The zero-order valence-corrected chi connectivity index (χ0v) is 21.9. The molecule has 0 aromatic heterocycles. The van der Waals surface area contributed by atoms with Crippen LogP contribution in [-0.2, 0) is 26.1 Å². The first-order valence-electron chi connectivity index (χ1n) is 12.2. The average molecular weight is 525 g/mol. The molecule has 0 aliphatic carbocycles. The summed E-state index contributed by atoms with van der Waals surface area (Å²) in [7, 11) is -3.99. The summed E-state index contributed by atoms with van der Waals surface area (Å²) in [6, 6.07) is 21.5. The summed E-state index contributed by atoms with van der Waals surface area (Å²) in [4.78, 5) is 25.0. The number of unbranched alkanes of at least 4 members (excludes halogenated alkanes) is 1. The van der Waals surface area contributed by atoms with E-state index >= 15 is 0 Å². The molecule has 0 heterocycles. The van der Waals surface area contributed by atoms with Gasteiger partial charge in [0.15, 0.2) is 0 Å². The summed E-state index contributed by atoms with van der Waals surface area (Å²) in [6.07, 6.45) is 1.72. The van der Waals surface area contributed by atoms with Crippen LogP contribution < -0.4 is 10.1 Å². The molecule has 37 heavy (non-hydrogen) atoms. The number of carbonyl (C=O) groups is 2. The lowest BCUT2D eigenvalue weighted by molar-refractivity contribution is -0.116. The van der Waals surface area contributed by atoms with Gasteiger partial charge in [0.25, 0.3) is 0 Å². The first-order chi connectivity index (χ1) is 17.8. The molecule has 196 valence electrons. The van der Waals surface area contributed by atoms with Crippen molar-refractivity contribution in [1.82, 2.24) is 4.31 Å². The van der Waals surface area contributed by atoms with Crippen LogP contribution in [0.3, 0.4) is 0 Å². The fraction of sp³-hybridized carbons (Fsp3) is 0.286. The highest BCUT2D eigenvalue weighted by Gasteiger charge is 2.27. The van der Waals surface area contributed by atoms with Crippen molar-refractivity contribution in [2.24, 2.45) is 0 Å². The first-order valence-corrected chi connectivity index (χ1v) is 13.6. The summed E-state index contributed by atoms with van der Waals surface area (Å²) >= 11 is 0. The number of amides is 1. The number of anilines is 1. The molecule has 1 amide bonds. The van der Waals surface area contributed by atoms with Crippen molar-refractivity contribution in [1.29, 1.82) is 0 Å². The lowest BCUT2D eigenvalue weighted by Crippen LogP contribution is -2.37. The Bertz CT molecular complexity index is 1260. The second kappa shape index (κ2) is 13.6. The summed E-state index contributed by atoms with van der Waals surface area (Å²) in [6.45, 7) is 4.30. The molecule has 8 nitrogen and oxygen atoms in total. The van der Waals surface area contributed by atoms with Crippen molar-refractivity contribution in [3.8, 4) is 5.75 Å². The second-order valence-electron chi connectivity index (χ2n) is 8.28. The molecule has 0 atom stereocenters. The average Bonchev–Trinajstić information content (AvgIpc) is 2.90. The van der Waals surface area contributed by atoms with Gasteiger partial charge in [-0.05, 0) is 67.4 Å². The van der Waals surface area contributed by atoms with E-state index in [1.165, 1.54) is 12.1 Å². The molecule has 3 aromatic rings. The van der Waals surface area contributed by atoms with Gasteiger partial charge in [-0.15, -0.1) is 0 Å². The lowest BCUT2D eigenvalue weighted by atomic mass is 10.2. The standard InChI is InChI=1S/C28H32N2O6S/c1-3-5-19-36-28(32)23-11-13-24(14-12-23)29-27(31)21-30(20-22-9-7-6-8-10-22)37(33,34)26-17-15-25(16-18-26)35-4-2/h6-18H,3-5,19-21H2,1-2H3,(H,29,31). The lowest BCUT2D eigenvalue weighted by Gasteiger charge is -2.22. The Balaban J connectivity index is 1.74. The van der Waals surface area contributed by atoms with Crippen LogP contribution in [0.2, 0.25) is 0 Å². The van der Waals surface area contributed by atoms with Crippen molar-refractivity contribution in [3.05, 3.63) is 90.0 Å². The van der Waals surface area contributed by atoms with Gasteiger partial charge in [0.2, 0.25) is 15.9 Å². The van der Waals surface area contributed by atoms with Gasteiger partial charge >= 0.3 is 5.97 Å². The second-order valence-corrected chi connectivity index (χ2v) is 10.2. The molecular weight excluding hydrogens is 492 g/mol. The fourth-order valence-corrected chi connectivity index (χ4v) is 4.86. The zero-order valence-electron chi connectivity index (χ0n) is 21.1. The number of hydrogen-bond acceptors (Lipinski definition) is 6. The SMILES string of the molecule is CCCCOC(=O)c1ccc(NC(=O)CN(Cc2ccccc2)S(=O)(=O)c2ccc(OCC)cc2)cc1. The van der Waals surface area contributed by atoms with E-state index in [9.17, 15) is 18.0 Å². The van der Waals surface area contributed by atoms with E-state index in [0.717, 1.165) is 22.7 Å². The molecule has 0 bridgehead atoms. The Kier molecular flexibility index (Phi) is 10.2. The van der Waals surface area contributed by atoms with Gasteiger partial charge in [0.05, 0.1) is 30.2 Å². The number of rotatable bonds is 13. The van der Waals surface area contributed by atoms with Gasteiger partial charge in [-0.25, -0.2) is 13.2 Å². The van der Waals surface area contributed by atoms with Crippen LogP contribution in [0.25, 0.3) is 0 Å². The summed E-state index contributed by atoms with van der Waals surface area (Å²) in [5, 5.41) is 2.71. The molecule has 1 N–H and O–H groups in total. The monoisotopic (exact) mass is 524 g/mol. The molecule has 0 spiro atoms. The Morgan fingerprint density at radius 2 is 1.57 bits per heavy atom. The topological polar surface area (TPSA) is 102 Å². The van der Waals surface area contributed by atoms with Crippen molar-refractivity contribution in [3.63, 3.8) is 0 Å². The summed E-state index contributed by atoms with van der Waals surface area (Å²) < 4.78 is 38.7. The summed E-state index contributed by atoms with van der Waals surface area (Å²) in [5.41, 5.74) is 1.56. The molecule has 3 rings (SSSR count). The third-order valence-corrected chi connectivity index (χ3v) is 7.24. The molecule has 3 aromatic carbocycles. The highest BCUT2D eigenvalue weighted by Crippen LogP contribution is 2.22. The van der Waals surface area contributed by atoms with E-state index in [0.29, 0.717) is 30.2 Å². The van der Waals surface area contributed by atoms with E-state index in [2.05, 4.69) is 5.32 Å². The molecule has 0 fully saturated rings. The molecular formula is C28H32N2O6S. The minimum Gasteiger partial charge on any atom is -0.494 e.